The predicted molar refractivity (Wildman–Crippen MR) is 28.7 cm³/mol. The van der Waals surface area contributed by atoms with Gasteiger partial charge in [-0.2, -0.15) is 0 Å². The average Bonchev–Trinajstić information content (AvgIpc) is 1.61. The molecule has 0 aromatic heterocycles. The molecule has 0 bridgehead atoms. The maximum Gasteiger partial charge on any atom is 0.204 e. The van der Waals surface area contributed by atoms with Crippen LogP contribution in [0.1, 0.15) is 13.8 Å². The van der Waals surface area contributed by atoms with E-state index in [-0.39, 0.29) is 0 Å². The van der Waals surface area contributed by atoms with E-state index in [0.717, 1.165) is 12.1 Å². The highest BCUT2D eigenvalue weighted by molar-refractivity contribution is 5.78. The van der Waals surface area contributed by atoms with Gasteiger partial charge in [-0.05, 0) is 13.8 Å². The largest absolute Gasteiger partial charge is 0.345 e. The lowest BCUT2D eigenvalue weighted by atomic mass is 10.5. The lowest BCUT2D eigenvalue weighted by Crippen LogP contribution is -1.82. The van der Waals surface area contributed by atoms with Gasteiger partial charge >= 0.3 is 0 Å². The molecule has 0 heterocycles. The molecule has 0 amide bonds. The molecule has 0 radical (unpaired) electrons. The first-order valence-corrected chi connectivity index (χ1v) is 1.93. The van der Waals surface area contributed by atoms with Crippen LogP contribution in [0.5, 0.6) is 0 Å². The fourth-order valence-electron chi connectivity index (χ4n) is 0.132. The summed E-state index contributed by atoms with van der Waals surface area (Å²) in [4.78, 5) is 4.22. The Labute approximate surface area is 42.5 Å². The van der Waals surface area contributed by atoms with Gasteiger partial charge in [-0.3, -0.25) is 5.41 Å². The molecule has 0 rings (SSSR count). The Morgan fingerprint density at radius 3 is 2.43 bits per heavy atom. The van der Waals surface area contributed by atoms with Crippen molar-refractivity contribution in [2.24, 2.45) is 5.16 Å². The fraction of sp³-hybridized carbons (Fsp3) is 0.500. The summed E-state index contributed by atoms with van der Waals surface area (Å²) in [5, 5.41) is 9.76. The first-order valence-electron chi connectivity index (χ1n) is 1.93. The molecule has 0 aliphatic heterocycles. The summed E-state index contributed by atoms with van der Waals surface area (Å²) in [7, 11) is 0. The molecule has 0 aromatic carbocycles. The normalized spacial score (nSPS) is 7.14. The Kier molecular flexibility index (Phi) is 2.92. The molecule has 0 saturated carbocycles. The molecule has 0 unspecified atom stereocenters. The van der Waals surface area contributed by atoms with Crippen LogP contribution in [0.25, 0.3) is 0 Å². The van der Waals surface area contributed by atoms with E-state index in [2.05, 4.69) is 9.99 Å². The van der Waals surface area contributed by atoms with Gasteiger partial charge in [-0.25, -0.2) is 0 Å². The Hall–Kier alpha value is -0.860. The number of hydrogen-bond acceptors (Lipinski definition) is 3. The van der Waals surface area contributed by atoms with E-state index in [1.165, 1.54) is 0 Å². The third-order valence-corrected chi connectivity index (χ3v) is 0.288. The molecule has 0 spiro atoms. The summed E-state index contributed by atoms with van der Waals surface area (Å²) < 4.78 is 0. The third kappa shape index (κ3) is 5.14. The van der Waals surface area contributed by atoms with Crippen molar-refractivity contribution < 1.29 is 4.84 Å². The van der Waals surface area contributed by atoms with E-state index in [4.69, 9.17) is 5.41 Å². The zero-order valence-electron chi connectivity index (χ0n) is 4.43. The van der Waals surface area contributed by atoms with Crippen LogP contribution in [-0.4, -0.2) is 12.1 Å². The molecular weight excluding hydrogens is 92.1 g/mol. The maximum absolute atomic E-state index is 6.34. The van der Waals surface area contributed by atoms with E-state index in [1.807, 2.05) is 0 Å². The summed E-state index contributed by atoms with van der Waals surface area (Å²) in [6.45, 7) is 3.59. The molecule has 40 valence electrons. The first kappa shape index (κ1) is 6.14. The molecular formula is C4H8N2O. The van der Waals surface area contributed by atoms with Crippen LogP contribution < -0.4 is 0 Å². The smallest absolute Gasteiger partial charge is 0.204 e. The number of nitrogens with zero attached hydrogens (tertiary/aromatic N) is 1. The molecule has 1 N–H and O–H groups in total. The van der Waals surface area contributed by atoms with Crippen molar-refractivity contribution >= 4 is 12.1 Å². The monoisotopic (exact) mass is 100 g/mol. The lowest BCUT2D eigenvalue weighted by molar-refractivity contribution is 0.341. The van der Waals surface area contributed by atoms with Gasteiger partial charge in [0, 0.05) is 0 Å². The highest BCUT2D eigenvalue weighted by Crippen LogP contribution is 1.72. The van der Waals surface area contributed by atoms with E-state index >= 15 is 0 Å². The van der Waals surface area contributed by atoms with Crippen LogP contribution in [0, 0.1) is 5.41 Å². The van der Waals surface area contributed by atoms with Crippen LogP contribution in [0.2, 0.25) is 0 Å². The van der Waals surface area contributed by atoms with Gasteiger partial charge < -0.3 is 4.84 Å². The minimum atomic E-state index is 0.785. The van der Waals surface area contributed by atoms with Crippen LogP contribution in [0.15, 0.2) is 5.16 Å². The lowest BCUT2D eigenvalue weighted by Gasteiger charge is -1.83. The van der Waals surface area contributed by atoms with Gasteiger partial charge in [-0.15, -0.1) is 0 Å². The third-order valence-electron chi connectivity index (χ3n) is 0.288. The van der Waals surface area contributed by atoms with Crippen LogP contribution >= 0.6 is 0 Å². The van der Waals surface area contributed by atoms with Crippen molar-refractivity contribution in [1.82, 2.24) is 0 Å². The minimum Gasteiger partial charge on any atom is -0.345 e. The van der Waals surface area contributed by atoms with Crippen LogP contribution in [0.3, 0.4) is 0 Å². The molecule has 3 nitrogen and oxygen atoms in total. The standard InChI is InChI=1S/C4H8N2O/c1-4(2)6-7-3-5/h3,5H,1-2H3. The van der Waals surface area contributed by atoms with Crippen molar-refractivity contribution in [3.05, 3.63) is 0 Å². The maximum atomic E-state index is 6.34. The van der Waals surface area contributed by atoms with Crippen molar-refractivity contribution in [2.45, 2.75) is 13.8 Å². The van der Waals surface area contributed by atoms with Gasteiger partial charge in [0.15, 0.2) is 0 Å². The zero-order valence-corrected chi connectivity index (χ0v) is 4.43. The molecule has 0 atom stereocenters. The minimum absolute atomic E-state index is 0.785. The summed E-state index contributed by atoms with van der Waals surface area (Å²) in [6.07, 6.45) is 0.785. The topological polar surface area (TPSA) is 45.4 Å². The van der Waals surface area contributed by atoms with E-state index in [9.17, 15) is 0 Å². The highest BCUT2D eigenvalue weighted by Gasteiger charge is 1.71. The van der Waals surface area contributed by atoms with Crippen molar-refractivity contribution in [3.63, 3.8) is 0 Å². The second kappa shape index (κ2) is 3.33. The van der Waals surface area contributed by atoms with Gasteiger partial charge in [0.25, 0.3) is 0 Å². The summed E-state index contributed by atoms with van der Waals surface area (Å²) in [5.41, 5.74) is 0.809. The quantitative estimate of drug-likeness (QED) is 0.314. The summed E-state index contributed by atoms with van der Waals surface area (Å²) in [6, 6.07) is 0. The number of nitrogens with one attached hydrogen (secondary N) is 1. The number of rotatable bonds is 2. The second-order valence-electron chi connectivity index (χ2n) is 1.26. The fourth-order valence-corrected chi connectivity index (χ4v) is 0.132. The number of oxime groups is 1. The molecule has 3 heteroatoms. The van der Waals surface area contributed by atoms with Gasteiger partial charge in [0.2, 0.25) is 6.40 Å². The second-order valence-corrected chi connectivity index (χ2v) is 1.26. The first-order chi connectivity index (χ1) is 3.27. The summed E-state index contributed by atoms with van der Waals surface area (Å²) in [5.74, 6) is 0. The zero-order chi connectivity index (χ0) is 5.70. The Morgan fingerprint density at radius 2 is 2.29 bits per heavy atom. The van der Waals surface area contributed by atoms with Gasteiger partial charge in [0.05, 0.1) is 5.71 Å². The Morgan fingerprint density at radius 1 is 1.71 bits per heavy atom. The predicted octanol–water partition coefficient (Wildman–Crippen LogP) is 1.01. The van der Waals surface area contributed by atoms with E-state index in [0.29, 0.717) is 0 Å². The van der Waals surface area contributed by atoms with Crippen molar-refractivity contribution in [2.75, 3.05) is 0 Å². The molecule has 0 fully saturated rings. The van der Waals surface area contributed by atoms with Crippen LogP contribution in [0.4, 0.5) is 0 Å². The SMILES string of the molecule is CC(C)=NOC=N. The average molecular weight is 100 g/mol. The van der Waals surface area contributed by atoms with E-state index in [1.54, 1.807) is 13.8 Å². The Bertz CT molecular complexity index is 83.7. The van der Waals surface area contributed by atoms with Gasteiger partial charge in [-0.1, -0.05) is 5.16 Å². The van der Waals surface area contributed by atoms with Crippen molar-refractivity contribution in [1.29, 1.82) is 5.41 Å². The number of hydrogen-bond donors (Lipinski definition) is 1. The molecule has 0 aromatic rings. The summed E-state index contributed by atoms with van der Waals surface area (Å²) >= 11 is 0. The molecule has 0 aliphatic rings. The van der Waals surface area contributed by atoms with Crippen molar-refractivity contribution in [3.8, 4) is 0 Å². The van der Waals surface area contributed by atoms with Gasteiger partial charge in [0.1, 0.15) is 0 Å². The molecule has 0 aliphatic carbocycles. The van der Waals surface area contributed by atoms with Crippen LogP contribution in [-0.2, 0) is 4.84 Å². The highest BCUT2D eigenvalue weighted by atomic mass is 16.6. The Balaban J connectivity index is 3.25. The molecule has 0 saturated heterocycles. The molecule has 7 heavy (non-hydrogen) atoms. The van der Waals surface area contributed by atoms with E-state index < -0.39 is 0 Å².